The van der Waals surface area contributed by atoms with E-state index in [-0.39, 0.29) is 5.41 Å². The predicted molar refractivity (Wildman–Crippen MR) is 180 cm³/mol. The summed E-state index contributed by atoms with van der Waals surface area (Å²) in [6.45, 7) is 4.88. The first-order valence-corrected chi connectivity index (χ1v) is 16.1. The molecule has 8 rings (SSSR count). The molecule has 0 aliphatic heterocycles. The zero-order chi connectivity index (χ0) is 30.5. The fourth-order valence-corrected chi connectivity index (χ4v) is 8.51. The Morgan fingerprint density at radius 1 is 0.667 bits per heavy atom. The molecule has 2 heterocycles. The lowest BCUT2D eigenvalue weighted by atomic mass is 9.54. The molecule has 45 heavy (non-hydrogen) atoms. The summed E-state index contributed by atoms with van der Waals surface area (Å²) >= 11 is 0. The van der Waals surface area contributed by atoms with E-state index in [2.05, 4.69) is 56.3 Å². The van der Waals surface area contributed by atoms with Crippen LogP contribution in [0.3, 0.4) is 0 Å². The summed E-state index contributed by atoms with van der Waals surface area (Å²) in [6.07, 6.45) is 6.60. The molecule has 2 bridgehead atoms. The van der Waals surface area contributed by atoms with Crippen molar-refractivity contribution in [3.05, 3.63) is 108 Å². The van der Waals surface area contributed by atoms with Crippen LogP contribution in [0.2, 0.25) is 0 Å². The zero-order valence-corrected chi connectivity index (χ0v) is 25.7. The number of aromatic nitrogens is 4. The Bertz CT molecular complexity index is 2090. The van der Waals surface area contributed by atoms with Crippen molar-refractivity contribution in [2.75, 3.05) is 0 Å². The molecule has 0 radical (unpaired) electrons. The van der Waals surface area contributed by atoms with Gasteiger partial charge in [0.25, 0.3) is 0 Å². The summed E-state index contributed by atoms with van der Waals surface area (Å²) in [5, 5.41) is 12.5. The average molecular weight is 586 g/mol. The second kappa shape index (κ2) is 10.9. The van der Waals surface area contributed by atoms with Crippen molar-refractivity contribution >= 4 is 21.7 Å². The molecule has 220 valence electrons. The van der Waals surface area contributed by atoms with Gasteiger partial charge in [0, 0.05) is 16.5 Å². The first-order valence-electron chi connectivity index (χ1n) is 16.1. The number of hydrogen-bond donors (Lipinski definition) is 0. The van der Waals surface area contributed by atoms with Crippen LogP contribution in [0.25, 0.3) is 56.0 Å². The summed E-state index contributed by atoms with van der Waals surface area (Å²) in [5.74, 6) is 4.14. The van der Waals surface area contributed by atoms with Crippen LogP contribution in [0.15, 0.2) is 97.1 Å². The molecule has 5 nitrogen and oxygen atoms in total. The van der Waals surface area contributed by atoms with Crippen molar-refractivity contribution < 1.29 is 0 Å². The van der Waals surface area contributed by atoms with Crippen LogP contribution in [0, 0.1) is 29.1 Å². The minimum absolute atomic E-state index is 0.272. The van der Waals surface area contributed by atoms with Crippen molar-refractivity contribution in [2.45, 2.75) is 51.4 Å². The number of para-hydroxylation sites is 1. The smallest absolute Gasteiger partial charge is 0.182 e. The fraction of sp³-hybridized carbons (Fsp3) is 0.275. The topological polar surface area (TPSA) is 75.3 Å². The largest absolute Gasteiger partial charge is 0.244 e. The molecule has 2 unspecified atom stereocenters. The quantitative estimate of drug-likeness (QED) is 0.206. The maximum absolute atomic E-state index is 9.47. The van der Waals surface area contributed by atoms with E-state index >= 15 is 0 Å². The highest BCUT2D eigenvalue weighted by Gasteiger charge is 2.45. The molecule has 0 spiro atoms. The van der Waals surface area contributed by atoms with Crippen LogP contribution >= 0.6 is 0 Å². The van der Waals surface area contributed by atoms with Gasteiger partial charge in [-0.2, -0.15) is 5.26 Å². The molecule has 2 fully saturated rings. The number of nitrogens with zero attached hydrogens (tertiary/aromatic N) is 5. The van der Waals surface area contributed by atoms with Crippen molar-refractivity contribution in [2.24, 2.45) is 17.8 Å². The van der Waals surface area contributed by atoms with E-state index in [0.29, 0.717) is 28.7 Å². The number of rotatable bonds is 4. The van der Waals surface area contributed by atoms with E-state index in [1.54, 1.807) is 0 Å². The molecule has 4 aromatic carbocycles. The van der Waals surface area contributed by atoms with E-state index < -0.39 is 0 Å². The van der Waals surface area contributed by atoms with Crippen molar-refractivity contribution in [1.82, 2.24) is 19.9 Å². The lowest BCUT2D eigenvalue weighted by Crippen LogP contribution is -2.42. The Hall–Kier alpha value is -4.95. The molecule has 0 N–H and O–H groups in total. The zero-order valence-electron chi connectivity index (χ0n) is 25.7. The number of fused-ring (bicyclic) bond motifs is 4. The molecule has 4 atom stereocenters. The van der Waals surface area contributed by atoms with Crippen LogP contribution in [0.5, 0.6) is 0 Å². The molecule has 2 aliphatic rings. The molecule has 2 aromatic heterocycles. The maximum atomic E-state index is 9.47. The van der Waals surface area contributed by atoms with Gasteiger partial charge in [0.15, 0.2) is 17.5 Å². The Morgan fingerprint density at radius 2 is 1.40 bits per heavy atom. The molecule has 2 aliphatic carbocycles. The summed E-state index contributed by atoms with van der Waals surface area (Å²) in [7, 11) is 0. The summed E-state index contributed by atoms with van der Waals surface area (Å²) in [5.41, 5.74) is 5.84. The summed E-state index contributed by atoms with van der Waals surface area (Å²) in [6, 6.07) is 35.3. The SMILES string of the molecule is C[C@@H]1CC2C[C@H](C)CC(c3ccc(-c4nc(-c5ccc6ccccc6n5)nc(-c5cccc6cc(C#N)ccc56)n4)cc3)(C2)C1. The number of pyridine rings is 1. The van der Waals surface area contributed by atoms with Crippen LogP contribution < -0.4 is 0 Å². The van der Waals surface area contributed by atoms with Crippen LogP contribution in [-0.4, -0.2) is 19.9 Å². The first-order chi connectivity index (χ1) is 22.0. The Balaban J connectivity index is 1.26. The van der Waals surface area contributed by atoms with Gasteiger partial charge in [-0.3, -0.25) is 0 Å². The van der Waals surface area contributed by atoms with Gasteiger partial charge in [0.1, 0.15) is 5.69 Å². The summed E-state index contributed by atoms with van der Waals surface area (Å²) < 4.78 is 0. The minimum atomic E-state index is 0.272. The Morgan fingerprint density at radius 3 is 2.20 bits per heavy atom. The average Bonchev–Trinajstić information content (AvgIpc) is 3.06. The third-order valence-electron chi connectivity index (χ3n) is 10.1. The maximum Gasteiger partial charge on any atom is 0.182 e. The first kappa shape index (κ1) is 27.6. The van der Waals surface area contributed by atoms with Gasteiger partial charge in [-0.25, -0.2) is 19.9 Å². The van der Waals surface area contributed by atoms with E-state index in [9.17, 15) is 5.26 Å². The van der Waals surface area contributed by atoms with E-state index in [1.807, 2.05) is 60.7 Å². The molecule has 6 aromatic rings. The predicted octanol–water partition coefficient (Wildman–Crippen LogP) is 9.55. The highest BCUT2D eigenvalue weighted by atomic mass is 15.0. The van der Waals surface area contributed by atoms with E-state index in [0.717, 1.165) is 50.6 Å². The molecular weight excluding hydrogens is 550 g/mol. The van der Waals surface area contributed by atoms with Gasteiger partial charge in [0.2, 0.25) is 0 Å². The van der Waals surface area contributed by atoms with Crippen molar-refractivity contribution in [3.63, 3.8) is 0 Å². The highest BCUT2D eigenvalue weighted by Crippen LogP contribution is 2.54. The highest BCUT2D eigenvalue weighted by molar-refractivity contribution is 5.96. The number of nitriles is 1. The standard InChI is InChI=1S/C40H35N5/c1-25-18-28-19-26(2)22-40(21-25,23-28)32-14-11-30(12-15-32)37-43-38(34-8-5-7-31-20-27(24-41)10-16-33(31)34)45-39(44-37)36-17-13-29-6-3-4-9-35(29)42-36/h3-17,20,25-26,28H,18-19,21-23H2,1-2H3/t25-,26+,28?,40?. The lowest BCUT2D eigenvalue weighted by Gasteiger charge is -2.50. The van der Waals surface area contributed by atoms with Crippen LogP contribution in [0.1, 0.15) is 57.1 Å². The Labute approximate surface area is 264 Å². The third kappa shape index (κ3) is 5.05. The van der Waals surface area contributed by atoms with Crippen molar-refractivity contribution in [1.29, 1.82) is 5.26 Å². The van der Waals surface area contributed by atoms with Crippen LogP contribution in [-0.2, 0) is 5.41 Å². The van der Waals surface area contributed by atoms with Crippen LogP contribution in [0.4, 0.5) is 0 Å². The fourth-order valence-electron chi connectivity index (χ4n) is 8.51. The molecule has 2 saturated carbocycles. The molecule has 5 heteroatoms. The Kier molecular flexibility index (Phi) is 6.68. The molecular formula is C40H35N5. The minimum Gasteiger partial charge on any atom is -0.244 e. The van der Waals surface area contributed by atoms with Gasteiger partial charge in [-0.15, -0.1) is 0 Å². The van der Waals surface area contributed by atoms with E-state index in [1.165, 1.54) is 37.7 Å². The van der Waals surface area contributed by atoms with Gasteiger partial charge in [-0.1, -0.05) is 86.6 Å². The van der Waals surface area contributed by atoms with E-state index in [4.69, 9.17) is 19.9 Å². The van der Waals surface area contributed by atoms with Gasteiger partial charge < -0.3 is 0 Å². The van der Waals surface area contributed by atoms with Gasteiger partial charge in [0.05, 0.1) is 17.1 Å². The number of benzene rings is 4. The van der Waals surface area contributed by atoms with Gasteiger partial charge in [-0.05, 0) is 95.9 Å². The number of hydrogen-bond acceptors (Lipinski definition) is 5. The van der Waals surface area contributed by atoms with Gasteiger partial charge >= 0.3 is 0 Å². The third-order valence-corrected chi connectivity index (χ3v) is 10.1. The second-order valence-corrected chi connectivity index (χ2v) is 13.6. The normalized spacial score (nSPS) is 22.7. The molecule has 0 saturated heterocycles. The second-order valence-electron chi connectivity index (χ2n) is 13.6. The monoisotopic (exact) mass is 585 g/mol. The van der Waals surface area contributed by atoms with Crippen molar-refractivity contribution in [3.8, 4) is 40.4 Å². The lowest BCUT2D eigenvalue weighted by molar-refractivity contribution is 0.0780. The molecule has 0 amide bonds. The summed E-state index contributed by atoms with van der Waals surface area (Å²) in [4.78, 5) is 20.0.